The van der Waals surface area contributed by atoms with Gasteiger partial charge in [0.05, 0.1) is 29.4 Å². The van der Waals surface area contributed by atoms with E-state index in [2.05, 4.69) is 10.4 Å². The number of aromatic nitrogens is 2. The molecule has 0 atom stereocenters. The van der Waals surface area contributed by atoms with E-state index in [1.165, 1.54) is 6.20 Å². The molecule has 1 heterocycles. The topological polar surface area (TPSA) is 84.2 Å². The summed E-state index contributed by atoms with van der Waals surface area (Å²) in [5, 5.41) is 16.2. The number of carbonyl (C=O) groups excluding carboxylic acids is 1. The average molecular weight is 313 g/mol. The van der Waals surface area contributed by atoms with Gasteiger partial charge in [0.1, 0.15) is 0 Å². The number of hydrogen-bond acceptors (Lipinski definition) is 3. The number of hydrogen-bond donors (Lipinski definition) is 2. The molecular formula is C17H19N3O3. The smallest absolute Gasteiger partial charge is 0.305 e. The van der Waals surface area contributed by atoms with Gasteiger partial charge in [-0.3, -0.25) is 9.59 Å². The lowest BCUT2D eigenvalue weighted by Crippen LogP contribution is -2.47. The standard InChI is InChI=1S/C17H19N3O3/c21-15(22)10-17(8-4-5-9-17)19-16(23)13-11-18-20(12-13)14-6-2-1-3-7-14/h1-3,6-7,11-12H,4-5,8-10H2,(H,19,23)(H,21,22). The van der Waals surface area contributed by atoms with E-state index in [1.54, 1.807) is 10.9 Å². The first kappa shape index (κ1) is 15.3. The summed E-state index contributed by atoms with van der Waals surface area (Å²) in [5.41, 5.74) is 0.677. The first-order valence-corrected chi connectivity index (χ1v) is 7.72. The van der Waals surface area contributed by atoms with E-state index in [0.29, 0.717) is 18.4 Å². The van der Waals surface area contributed by atoms with Crippen LogP contribution in [-0.4, -0.2) is 32.3 Å². The third kappa shape index (κ3) is 3.41. The Kier molecular flexibility index (Phi) is 4.14. The monoisotopic (exact) mass is 313 g/mol. The first-order chi connectivity index (χ1) is 11.1. The maximum Gasteiger partial charge on any atom is 0.305 e. The second kappa shape index (κ2) is 6.24. The van der Waals surface area contributed by atoms with Crippen molar-refractivity contribution in [1.29, 1.82) is 0 Å². The number of carboxylic acid groups (broad SMARTS) is 1. The van der Waals surface area contributed by atoms with Crippen molar-refractivity contribution in [1.82, 2.24) is 15.1 Å². The van der Waals surface area contributed by atoms with Gasteiger partial charge in [0.15, 0.2) is 0 Å². The number of benzene rings is 1. The van der Waals surface area contributed by atoms with Crippen LogP contribution in [0.2, 0.25) is 0 Å². The van der Waals surface area contributed by atoms with Crippen LogP contribution in [0.5, 0.6) is 0 Å². The minimum Gasteiger partial charge on any atom is -0.481 e. The normalized spacial score (nSPS) is 16.2. The van der Waals surface area contributed by atoms with Crippen LogP contribution in [0.15, 0.2) is 42.7 Å². The molecule has 3 rings (SSSR count). The SMILES string of the molecule is O=C(O)CC1(NC(=O)c2cnn(-c3ccccc3)c2)CCCC1. The zero-order chi connectivity index (χ0) is 16.3. The van der Waals surface area contributed by atoms with Crippen LogP contribution in [0.1, 0.15) is 42.5 Å². The van der Waals surface area contributed by atoms with E-state index in [4.69, 9.17) is 5.11 Å². The lowest BCUT2D eigenvalue weighted by molar-refractivity contribution is -0.138. The van der Waals surface area contributed by atoms with Gasteiger partial charge >= 0.3 is 5.97 Å². The number of rotatable bonds is 5. The lowest BCUT2D eigenvalue weighted by Gasteiger charge is -2.28. The third-order valence-corrected chi connectivity index (χ3v) is 4.29. The molecule has 1 fully saturated rings. The van der Waals surface area contributed by atoms with Crippen LogP contribution in [0.4, 0.5) is 0 Å². The summed E-state index contributed by atoms with van der Waals surface area (Å²) >= 11 is 0. The highest BCUT2D eigenvalue weighted by Gasteiger charge is 2.37. The quantitative estimate of drug-likeness (QED) is 0.887. The molecule has 6 heteroatoms. The molecule has 1 amide bonds. The van der Waals surface area contributed by atoms with E-state index >= 15 is 0 Å². The number of aliphatic carboxylic acids is 1. The lowest BCUT2D eigenvalue weighted by atomic mass is 9.93. The highest BCUT2D eigenvalue weighted by molar-refractivity contribution is 5.94. The number of nitrogens with one attached hydrogen (secondary N) is 1. The van der Waals surface area contributed by atoms with Crippen molar-refractivity contribution >= 4 is 11.9 Å². The summed E-state index contributed by atoms with van der Waals surface area (Å²) in [4.78, 5) is 23.6. The molecule has 0 radical (unpaired) electrons. The maximum absolute atomic E-state index is 12.5. The molecule has 0 saturated heterocycles. The Bertz CT molecular complexity index is 703. The highest BCUT2D eigenvalue weighted by atomic mass is 16.4. The fourth-order valence-corrected chi connectivity index (χ4v) is 3.16. The Balaban J connectivity index is 1.76. The van der Waals surface area contributed by atoms with Crippen molar-refractivity contribution in [3.8, 4) is 5.69 Å². The van der Waals surface area contributed by atoms with Crippen LogP contribution >= 0.6 is 0 Å². The van der Waals surface area contributed by atoms with Gasteiger partial charge in [-0.05, 0) is 25.0 Å². The molecular weight excluding hydrogens is 294 g/mol. The van der Waals surface area contributed by atoms with E-state index in [9.17, 15) is 9.59 Å². The molecule has 1 aliphatic rings. The summed E-state index contributed by atoms with van der Waals surface area (Å²) in [6, 6.07) is 9.51. The Hall–Kier alpha value is -2.63. The molecule has 0 unspecified atom stereocenters. The van der Waals surface area contributed by atoms with Gasteiger partial charge in [0.25, 0.3) is 5.91 Å². The fraction of sp³-hybridized carbons (Fsp3) is 0.353. The second-order valence-electron chi connectivity index (χ2n) is 6.02. The first-order valence-electron chi connectivity index (χ1n) is 7.72. The van der Waals surface area contributed by atoms with Crippen molar-refractivity contribution in [3.05, 3.63) is 48.3 Å². The summed E-state index contributed by atoms with van der Waals surface area (Å²) in [5.74, 6) is -1.15. The van der Waals surface area contributed by atoms with E-state index in [1.807, 2.05) is 30.3 Å². The molecule has 2 aromatic rings. The minimum absolute atomic E-state index is 0.0361. The van der Waals surface area contributed by atoms with Crippen LogP contribution in [0.25, 0.3) is 5.69 Å². The molecule has 2 N–H and O–H groups in total. The Morgan fingerprint density at radius 2 is 1.91 bits per heavy atom. The molecule has 1 aromatic carbocycles. The van der Waals surface area contributed by atoms with Crippen molar-refractivity contribution in [2.45, 2.75) is 37.6 Å². The predicted molar refractivity (Wildman–Crippen MR) is 84.5 cm³/mol. The molecule has 1 saturated carbocycles. The predicted octanol–water partition coefficient (Wildman–Crippen LogP) is 2.39. The van der Waals surface area contributed by atoms with Crippen LogP contribution in [0, 0.1) is 0 Å². The molecule has 0 aliphatic heterocycles. The second-order valence-corrected chi connectivity index (χ2v) is 6.02. The molecule has 0 bridgehead atoms. The summed E-state index contributed by atoms with van der Waals surface area (Å²) in [6.07, 6.45) is 6.43. The van der Waals surface area contributed by atoms with Gasteiger partial charge in [-0.15, -0.1) is 0 Å². The van der Waals surface area contributed by atoms with E-state index in [0.717, 1.165) is 18.5 Å². The molecule has 23 heavy (non-hydrogen) atoms. The third-order valence-electron chi connectivity index (χ3n) is 4.29. The van der Waals surface area contributed by atoms with Gasteiger partial charge in [0.2, 0.25) is 0 Å². The van der Waals surface area contributed by atoms with Crippen LogP contribution < -0.4 is 5.32 Å². The van der Waals surface area contributed by atoms with Gasteiger partial charge in [-0.25, -0.2) is 4.68 Å². The summed E-state index contributed by atoms with van der Waals surface area (Å²) in [6.45, 7) is 0. The molecule has 0 spiro atoms. The largest absolute Gasteiger partial charge is 0.481 e. The number of nitrogens with zero attached hydrogens (tertiary/aromatic N) is 2. The van der Waals surface area contributed by atoms with Crippen molar-refractivity contribution in [3.63, 3.8) is 0 Å². The van der Waals surface area contributed by atoms with Gasteiger partial charge in [-0.1, -0.05) is 31.0 Å². The van der Waals surface area contributed by atoms with Gasteiger partial charge in [0, 0.05) is 6.20 Å². The Morgan fingerprint density at radius 1 is 1.22 bits per heavy atom. The van der Waals surface area contributed by atoms with Crippen molar-refractivity contribution in [2.75, 3.05) is 0 Å². The Morgan fingerprint density at radius 3 is 2.57 bits per heavy atom. The minimum atomic E-state index is -0.882. The Labute approximate surface area is 134 Å². The average Bonchev–Trinajstić information content (AvgIpc) is 3.17. The van der Waals surface area contributed by atoms with E-state index in [-0.39, 0.29) is 12.3 Å². The molecule has 6 nitrogen and oxygen atoms in total. The number of carboxylic acids is 1. The maximum atomic E-state index is 12.5. The number of carbonyl (C=O) groups is 2. The van der Waals surface area contributed by atoms with Crippen molar-refractivity contribution < 1.29 is 14.7 Å². The number of amides is 1. The summed E-state index contributed by atoms with van der Waals surface area (Å²) in [7, 11) is 0. The molecule has 120 valence electrons. The molecule has 1 aliphatic carbocycles. The fourth-order valence-electron chi connectivity index (χ4n) is 3.16. The van der Waals surface area contributed by atoms with Gasteiger partial charge in [-0.2, -0.15) is 5.10 Å². The summed E-state index contributed by atoms with van der Waals surface area (Å²) < 4.78 is 1.63. The number of para-hydroxylation sites is 1. The van der Waals surface area contributed by atoms with Crippen molar-refractivity contribution in [2.24, 2.45) is 0 Å². The van der Waals surface area contributed by atoms with Gasteiger partial charge < -0.3 is 10.4 Å². The van der Waals surface area contributed by atoms with E-state index < -0.39 is 11.5 Å². The highest BCUT2D eigenvalue weighted by Crippen LogP contribution is 2.33. The zero-order valence-corrected chi connectivity index (χ0v) is 12.7. The van der Waals surface area contributed by atoms with Crippen LogP contribution in [0.3, 0.4) is 0 Å². The zero-order valence-electron chi connectivity index (χ0n) is 12.7. The molecule has 1 aromatic heterocycles. The van der Waals surface area contributed by atoms with Crippen LogP contribution in [-0.2, 0) is 4.79 Å².